The molecular weight excluding hydrogens is 526 g/mol. The number of carbonyl (C=O) groups excluding carboxylic acids is 3. The van der Waals surface area contributed by atoms with E-state index >= 15 is 0 Å². The van der Waals surface area contributed by atoms with Gasteiger partial charge in [-0.3, -0.25) is 9.59 Å². The van der Waals surface area contributed by atoms with Gasteiger partial charge in [0.25, 0.3) is 0 Å². The van der Waals surface area contributed by atoms with E-state index in [0.29, 0.717) is 0 Å². The highest BCUT2D eigenvalue weighted by molar-refractivity contribution is 5.98. The van der Waals surface area contributed by atoms with Crippen molar-refractivity contribution in [2.75, 3.05) is 0 Å². The molecule has 42 heavy (non-hydrogen) atoms. The maximum Gasteiger partial charge on any atom is 0.405 e. The van der Waals surface area contributed by atoms with E-state index in [4.69, 9.17) is 30.0 Å². The molecule has 3 rings (SSSR count). The third-order valence-corrected chi connectivity index (χ3v) is 6.49. The molecule has 218 valence electrons. The van der Waals surface area contributed by atoms with Crippen LogP contribution in [0, 0.1) is 38.5 Å². The van der Waals surface area contributed by atoms with Crippen molar-refractivity contribution in [1.29, 1.82) is 0 Å². The molecule has 2 unspecified atom stereocenters. The highest BCUT2D eigenvalue weighted by Crippen LogP contribution is 2.32. The third-order valence-electron chi connectivity index (χ3n) is 6.49. The Morgan fingerprint density at radius 1 is 0.690 bits per heavy atom. The Bertz CT molecular complexity index is 1400. The van der Waals surface area contributed by atoms with Crippen LogP contribution in [0.1, 0.15) is 54.2 Å². The van der Waals surface area contributed by atoms with Gasteiger partial charge in [0, 0.05) is 12.8 Å². The van der Waals surface area contributed by atoms with Crippen LogP contribution in [0.4, 0.5) is 4.79 Å². The largest absolute Gasteiger partial charge is 0.444 e. The van der Waals surface area contributed by atoms with Crippen LogP contribution in [0.25, 0.3) is 0 Å². The fourth-order valence-corrected chi connectivity index (χ4v) is 4.15. The number of Topliss-reactive ketones (excluding diaryl/α,β-unsaturated/α-hetero) is 2. The van der Waals surface area contributed by atoms with Crippen LogP contribution in [0.2, 0.25) is 0 Å². The molecule has 0 fully saturated rings. The fraction of sp³-hybridized carbons (Fsp3) is 0.286. The lowest BCUT2D eigenvalue weighted by atomic mass is 9.75. The molecule has 0 bridgehead atoms. The summed E-state index contributed by atoms with van der Waals surface area (Å²) >= 11 is 0. The maximum absolute atomic E-state index is 13.4. The van der Waals surface area contributed by atoms with Crippen LogP contribution < -0.4 is 17.2 Å². The molecule has 6 N–H and O–H groups in total. The second kappa shape index (κ2) is 13.8. The molecule has 0 saturated heterocycles. The predicted molar refractivity (Wildman–Crippen MR) is 166 cm³/mol. The topological polar surface area (TPSA) is 138 Å². The van der Waals surface area contributed by atoms with Gasteiger partial charge in [0.15, 0.2) is 22.6 Å². The number of nitrogens with two attached hydrogens (primary N) is 3. The maximum atomic E-state index is 13.4. The smallest absolute Gasteiger partial charge is 0.405 e. The number of hydrogen-bond donors (Lipinski definition) is 3. The van der Waals surface area contributed by atoms with Crippen molar-refractivity contribution in [2.24, 2.45) is 17.2 Å². The van der Waals surface area contributed by atoms with E-state index in [9.17, 15) is 14.4 Å². The highest BCUT2D eigenvalue weighted by Gasteiger charge is 2.42. The molecular formula is C35H39N3O4. The number of benzene rings is 3. The summed E-state index contributed by atoms with van der Waals surface area (Å²) in [5, 5.41) is 0. The molecule has 0 saturated carbocycles. The molecule has 7 heteroatoms. The first kappa shape index (κ1) is 33.5. The summed E-state index contributed by atoms with van der Waals surface area (Å²) in [6.07, 6.45) is 11.0. The van der Waals surface area contributed by atoms with Gasteiger partial charge in [0.05, 0.1) is 0 Å². The molecule has 0 radical (unpaired) electrons. The van der Waals surface area contributed by atoms with Crippen LogP contribution in [0.15, 0.2) is 72.8 Å². The molecule has 3 aromatic carbocycles. The van der Waals surface area contributed by atoms with Crippen LogP contribution >= 0.6 is 0 Å². The molecule has 2 atom stereocenters. The van der Waals surface area contributed by atoms with Crippen molar-refractivity contribution in [3.8, 4) is 24.7 Å². The Kier molecular flexibility index (Phi) is 11.0. The van der Waals surface area contributed by atoms with Crippen molar-refractivity contribution in [1.82, 2.24) is 0 Å². The quantitative estimate of drug-likeness (QED) is 0.347. The molecule has 3 aromatic rings. The second-order valence-corrected chi connectivity index (χ2v) is 11.2. The van der Waals surface area contributed by atoms with Crippen LogP contribution in [-0.4, -0.2) is 23.3 Å². The molecule has 0 aliphatic heterocycles. The number of terminal acetylenes is 2. The summed E-state index contributed by atoms with van der Waals surface area (Å²) in [6, 6.07) is 21.7. The Morgan fingerprint density at radius 3 is 1.26 bits per heavy atom. The van der Waals surface area contributed by atoms with Crippen LogP contribution in [-0.2, 0) is 38.2 Å². The summed E-state index contributed by atoms with van der Waals surface area (Å²) in [4.78, 5) is 36.7. The minimum atomic E-state index is -1.81. The number of aryl methyl sites for hydroxylation is 2. The zero-order valence-electron chi connectivity index (χ0n) is 24.9. The van der Waals surface area contributed by atoms with Gasteiger partial charge in [-0.15, -0.1) is 12.8 Å². The van der Waals surface area contributed by atoms with Gasteiger partial charge in [0.1, 0.15) is 5.60 Å². The minimum absolute atomic E-state index is 0.0280. The van der Waals surface area contributed by atoms with Gasteiger partial charge in [-0.25, -0.2) is 4.79 Å². The molecule has 0 aliphatic rings. The second-order valence-electron chi connectivity index (χ2n) is 11.2. The monoisotopic (exact) mass is 565 g/mol. The lowest BCUT2D eigenvalue weighted by Crippen LogP contribution is -2.50. The summed E-state index contributed by atoms with van der Waals surface area (Å²) < 4.78 is 4.58. The van der Waals surface area contributed by atoms with E-state index in [1.54, 1.807) is 45.0 Å². The Hall–Kier alpha value is -4.69. The van der Waals surface area contributed by atoms with Gasteiger partial charge >= 0.3 is 6.09 Å². The number of rotatable bonds is 8. The van der Waals surface area contributed by atoms with Gasteiger partial charge in [-0.2, -0.15) is 0 Å². The van der Waals surface area contributed by atoms with Crippen molar-refractivity contribution >= 4 is 17.7 Å². The first-order valence-corrected chi connectivity index (χ1v) is 13.3. The van der Waals surface area contributed by atoms with E-state index < -0.39 is 34.3 Å². The fourth-order valence-electron chi connectivity index (χ4n) is 4.15. The molecule has 0 heterocycles. The number of hydrogen-bond acceptors (Lipinski definition) is 6. The lowest BCUT2D eigenvalue weighted by Gasteiger charge is -2.31. The summed E-state index contributed by atoms with van der Waals surface area (Å²) in [7, 11) is 0. The Morgan fingerprint density at radius 2 is 1.02 bits per heavy atom. The Balaban J connectivity index is 0.000000675. The van der Waals surface area contributed by atoms with Crippen molar-refractivity contribution in [2.45, 2.75) is 64.1 Å². The van der Waals surface area contributed by atoms with Gasteiger partial charge in [-0.1, -0.05) is 95.8 Å². The first-order valence-electron chi connectivity index (χ1n) is 13.3. The van der Waals surface area contributed by atoms with Crippen LogP contribution in [0.3, 0.4) is 0 Å². The predicted octanol–water partition coefficient (Wildman–Crippen LogP) is 4.38. The highest BCUT2D eigenvalue weighted by atomic mass is 16.6. The number of ether oxygens (including phenoxy) is 1. The zero-order valence-corrected chi connectivity index (χ0v) is 24.9. The van der Waals surface area contributed by atoms with Gasteiger partial charge < -0.3 is 21.9 Å². The van der Waals surface area contributed by atoms with Gasteiger partial charge in [0.2, 0.25) is 0 Å². The van der Waals surface area contributed by atoms with Crippen molar-refractivity contribution in [3.05, 3.63) is 106 Å². The van der Waals surface area contributed by atoms with E-state index in [1.807, 2.05) is 62.4 Å². The molecule has 1 amide bonds. The molecule has 7 nitrogen and oxygen atoms in total. The first-order chi connectivity index (χ1) is 19.6. The van der Waals surface area contributed by atoms with Crippen molar-refractivity contribution < 1.29 is 19.1 Å². The number of carbonyl (C=O) groups is 3. The Labute approximate surface area is 248 Å². The number of primary amides is 1. The number of ketones is 2. The van der Waals surface area contributed by atoms with Gasteiger partial charge in [-0.05, 0) is 56.9 Å². The normalized spacial score (nSPS) is 13.5. The average molecular weight is 566 g/mol. The standard InChI is InChI=1S/C30H28N2O2.C5H11NO2/c1-5-29(31,27(33)19-23-15-11-21(3)12-16-23)25-9-7-8-10-26(25)30(32,6-2)28(34)20-24-17-13-22(4)14-18-24;1-5(2,3)8-4(6)7/h1-2,7-18H,19-20,31-32H2,3-4H3;1-3H3,(H2,6,7). The van der Waals surface area contributed by atoms with E-state index in [0.717, 1.165) is 22.3 Å². The zero-order chi connectivity index (χ0) is 31.7. The third kappa shape index (κ3) is 8.65. The summed E-state index contributed by atoms with van der Waals surface area (Å²) in [5.74, 6) is 4.12. The van der Waals surface area contributed by atoms with E-state index in [1.165, 1.54) is 0 Å². The molecule has 0 aliphatic carbocycles. The SMILES string of the molecule is C#CC(N)(C(=O)Cc1ccc(C)cc1)c1ccccc1C(N)(C#C)C(=O)Cc1ccc(C)cc1.CC(C)(C)OC(N)=O. The number of amides is 1. The lowest BCUT2D eigenvalue weighted by molar-refractivity contribution is -0.123. The van der Waals surface area contributed by atoms with Crippen molar-refractivity contribution in [3.63, 3.8) is 0 Å². The summed E-state index contributed by atoms with van der Waals surface area (Å²) in [6.45, 7) is 9.21. The molecule has 0 aromatic heterocycles. The average Bonchev–Trinajstić information content (AvgIpc) is 2.93. The van der Waals surface area contributed by atoms with Crippen LogP contribution in [0.5, 0.6) is 0 Å². The van der Waals surface area contributed by atoms with E-state index in [-0.39, 0.29) is 24.0 Å². The minimum Gasteiger partial charge on any atom is -0.444 e. The molecule has 0 spiro atoms. The van der Waals surface area contributed by atoms with E-state index in [2.05, 4.69) is 16.6 Å². The summed E-state index contributed by atoms with van der Waals surface area (Å²) in [5.41, 5.74) is 17.9.